The molecule has 0 radical (unpaired) electrons. The Hall–Kier alpha value is -1.32. The highest BCUT2D eigenvalue weighted by Crippen LogP contribution is 2.45. The Morgan fingerprint density at radius 3 is 2.41 bits per heavy atom. The maximum atomic E-state index is 11.4. The molecule has 96 valence electrons. The number of hydrogen-bond acceptors (Lipinski definition) is 2. The molecule has 0 aliphatic heterocycles. The van der Waals surface area contributed by atoms with E-state index in [1.54, 1.807) is 19.1 Å². The molecule has 0 fully saturated rings. The van der Waals surface area contributed by atoms with Gasteiger partial charge in [-0.3, -0.25) is 9.59 Å². The van der Waals surface area contributed by atoms with E-state index in [9.17, 15) is 19.8 Å². The summed E-state index contributed by atoms with van der Waals surface area (Å²) in [5.41, 5.74) is -1.96. The zero-order chi connectivity index (χ0) is 13.1. The Morgan fingerprint density at radius 1 is 1.29 bits per heavy atom. The van der Waals surface area contributed by atoms with E-state index in [0.717, 1.165) is 12.8 Å². The third-order valence-corrected chi connectivity index (χ3v) is 3.63. The maximum absolute atomic E-state index is 11.4. The monoisotopic (exact) mass is 240 g/mol. The molecule has 0 heterocycles. The molecule has 1 aliphatic carbocycles. The molecule has 1 aliphatic rings. The predicted octanol–water partition coefficient (Wildman–Crippen LogP) is 2.69. The standard InChI is InChI=1S/C13H20O4/c1-3-4-7-13(11(16)17)8-5-6-12(2,9-13)10(14)15/h5,8H,3-4,6-7,9H2,1-2H3,(H,14,15)(H,16,17). The van der Waals surface area contributed by atoms with E-state index in [1.807, 2.05) is 6.92 Å². The molecule has 4 heteroatoms. The largest absolute Gasteiger partial charge is 0.481 e. The zero-order valence-corrected chi connectivity index (χ0v) is 10.4. The van der Waals surface area contributed by atoms with Crippen molar-refractivity contribution in [3.05, 3.63) is 12.2 Å². The molecule has 2 N–H and O–H groups in total. The van der Waals surface area contributed by atoms with E-state index < -0.39 is 22.8 Å². The minimum atomic E-state index is -0.999. The average Bonchev–Trinajstić information content (AvgIpc) is 2.26. The van der Waals surface area contributed by atoms with Crippen LogP contribution in [0.2, 0.25) is 0 Å². The summed E-state index contributed by atoms with van der Waals surface area (Å²) in [7, 11) is 0. The zero-order valence-electron chi connectivity index (χ0n) is 10.4. The van der Waals surface area contributed by atoms with E-state index in [1.165, 1.54) is 0 Å². The number of carbonyl (C=O) groups is 2. The minimum Gasteiger partial charge on any atom is -0.481 e. The summed E-state index contributed by atoms with van der Waals surface area (Å²) in [5, 5.41) is 18.6. The lowest BCUT2D eigenvalue weighted by Gasteiger charge is -2.37. The van der Waals surface area contributed by atoms with Crippen LogP contribution in [-0.4, -0.2) is 22.2 Å². The van der Waals surface area contributed by atoms with Gasteiger partial charge in [-0.15, -0.1) is 0 Å². The summed E-state index contributed by atoms with van der Waals surface area (Å²) < 4.78 is 0. The van der Waals surface area contributed by atoms with Crippen LogP contribution in [0.25, 0.3) is 0 Å². The van der Waals surface area contributed by atoms with Crippen molar-refractivity contribution in [1.82, 2.24) is 0 Å². The van der Waals surface area contributed by atoms with Crippen LogP contribution < -0.4 is 0 Å². The number of rotatable bonds is 5. The van der Waals surface area contributed by atoms with Gasteiger partial charge in [0.2, 0.25) is 0 Å². The number of aliphatic carboxylic acids is 2. The van der Waals surface area contributed by atoms with Gasteiger partial charge < -0.3 is 10.2 Å². The van der Waals surface area contributed by atoms with Gasteiger partial charge >= 0.3 is 11.9 Å². The molecule has 0 aromatic rings. The van der Waals surface area contributed by atoms with E-state index >= 15 is 0 Å². The molecule has 2 atom stereocenters. The summed E-state index contributed by atoms with van der Waals surface area (Å²) >= 11 is 0. The first-order valence-electron chi connectivity index (χ1n) is 6.01. The molecule has 0 saturated heterocycles. The first kappa shape index (κ1) is 13.7. The Kier molecular flexibility index (Phi) is 3.96. The Labute approximate surface area is 101 Å². The molecule has 1 rings (SSSR count). The van der Waals surface area contributed by atoms with Gasteiger partial charge in [0, 0.05) is 0 Å². The lowest BCUT2D eigenvalue weighted by atomic mass is 9.64. The van der Waals surface area contributed by atoms with Crippen molar-refractivity contribution in [2.75, 3.05) is 0 Å². The van der Waals surface area contributed by atoms with Gasteiger partial charge in [-0.1, -0.05) is 31.9 Å². The Balaban J connectivity index is 3.00. The van der Waals surface area contributed by atoms with Crippen LogP contribution in [0.5, 0.6) is 0 Å². The highest BCUT2D eigenvalue weighted by atomic mass is 16.4. The third kappa shape index (κ3) is 2.68. The van der Waals surface area contributed by atoms with Crippen LogP contribution in [0.4, 0.5) is 0 Å². The molecule has 0 aromatic heterocycles. The maximum Gasteiger partial charge on any atom is 0.313 e. The fourth-order valence-electron chi connectivity index (χ4n) is 2.45. The van der Waals surface area contributed by atoms with Crippen molar-refractivity contribution < 1.29 is 19.8 Å². The van der Waals surface area contributed by atoms with Crippen LogP contribution in [-0.2, 0) is 9.59 Å². The SMILES string of the molecule is CCCCC1(C(=O)O)C=CCC(C)(C(=O)O)C1. The molecule has 0 spiro atoms. The summed E-state index contributed by atoms with van der Waals surface area (Å²) in [6.45, 7) is 3.63. The van der Waals surface area contributed by atoms with Gasteiger partial charge in [-0.05, 0) is 26.2 Å². The van der Waals surface area contributed by atoms with Gasteiger partial charge in [0.05, 0.1) is 10.8 Å². The summed E-state index contributed by atoms with van der Waals surface area (Å²) in [6.07, 6.45) is 6.21. The second-order valence-electron chi connectivity index (χ2n) is 5.21. The van der Waals surface area contributed by atoms with Crippen LogP contribution in [0.15, 0.2) is 12.2 Å². The molecular formula is C13H20O4. The highest BCUT2D eigenvalue weighted by molar-refractivity contribution is 5.81. The number of carboxylic acid groups (broad SMARTS) is 2. The van der Waals surface area contributed by atoms with Crippen molar-refractivity contribution in [3.8, 4) is 0 Å². The second-order valence-corrected chi connectivity index (χ2v) is 5.21. The lowest BCUT2D eigenvalue weighted by Crippen LogP contribution is -2.41. The highest BCUT2D eigenvalue weighted by Gasteiger charge is 2.47. The molecule has 0 saturated carbocycles. The molecule has 2 unspecified atom stereocenters. The first-order valence-corrected chi connectivity index (χ1v) is 6.01. The molecular weight excluding hydrogens is 220 g/mol. The van der Waals surface area contributed by atoms with Gasteiger partial charge in [-0.2, -0.15) is 0 Å². The van der Waals surface area contributed by atoms with E-state index in [0.29, 0.717) is 12.8 Å². The third-order valence-electron chi connectivity index (χ3n) is 3.63. The smallest absolute Gasteiger partial charge is 0.313 e. The van der Waals surface area contributed by atoms with Crippen LogP contribution in [0.3, 0.4) is 0 Å². The van der Waals surface area contributed by atoms with Gasteiger partial charge in [-0.25, -0.2) is 0 Å². The molecule has 0 aromatic carbocycles. The first-order chi connectivity index (χ1) is 7.86. The molecule has 4 nitrogen and oxygen atoms in total. The quantitative estimate of drug-likeness (QED) is 0.724. The van der Waals surface area contributed by atoms with Crippen LogP contribution >= 0.6 is 0 Å². The van der Waals surface area contributed by atoms with E-state index in [4.69, 9.17) is 0 Å². The fourth-order valence-corrected chi connectivity index (χ4v) is 2.45. The van der Waals surface area contributed by atoms with Crippen molar-refractivity contribution in [2.45, 2.75) is 46.0 Å². The molecule has 17 heavy (non-hydrogen) atoms. The Bertz CT molecular complexity index is 347. The van der Waals surface area contributed by atoms with Crippen molar-refractivity contribution >= 4 is 11.9 Å². The second kappa shape index (κ2) is 4.90. The molecule has 0 amide bonds. The molecule has 0 bridgehead atoms. The van der Waals surface area contributed by atoms with Gasteiger partial charge in [0.25, 0.3) is 0 Å². The van der Waals surface area contributed by atoms with E-state index in [2.05, 4.69) is 0 Å². The number of carboxylic acids is 2. The normalized spacial score (nSPS) is 32.4. The van der Waals surface area contributed by atoms with Crippen molar-refractivity contribution in [1.29, 1.82) is 0 Å². The van der Waals surface area contributed by atoms with Crippen molar-refractivity contribution in [2.24, 2.45) is 10.8 Å². The fraction of sp³-hybridized carbons (Fsp3) is 0.692. The predicted molar refractivity (Wildman–Crippen MR) is 63.7 cm³/mol. The van der Waals surface area contributed by atoms with Crippen molar-refractivity contribution in [3.63, 3.8) is 0 Å². The van der Waals surface area contributed by atoms with Crippen LogP contribution in [0, 0.1) is 10.8 Å². The summed E-state index contributed by atoms with van der Waals surface area (Å²) in [6, 6.07) is 0. The topological polar surface area (TPSA) is 74.6 Å². The van der Waals surface area contributed by atoms with Gasteiger partial charge in [0.15, 0.2) is 0 Å². The summed E-state index contributed by atoms with van der Waals surface area (Å²) in [5.74, 6) is -1.82. The van der Waals surface area contributed by atoms with Crippen LogP contribution in [0.1, 0.15) is 46.0 Å². The minimum absolute atomic E-state index is 0.182. The number of allylic oxidation sites excluding steroid dienone is 1. The average molecular weight is 240 g/mol. The number of unbranched alkanes of at least 4 members (excludes halogenated alkanes) is 1. The lowest BCUT2D eigenvalue weighted by molar-refractivity contribution is -0.155. The Morgan fingerprint density at radius 2 is 1.94 bits per heavy atom. The van der Waals surface area contributed by atoms with Gasteiger partial charge in [0.1, 0.15) is 0 Å². The van der Waals surface area contributed by atoms with E-state index in [-0.39, 0.29) is 6.42 Å². The number of hydrogen-bond donors (Lipinski definition) is 2. The summed E-state index contributed by atoms with van der Waals surface area (Å²) in [4.78, 5) is 22.7.